The molecule has 1 aromatic heterocycles. The number of carbonyl (C=O) groups is 1. The van der Waals surface area contributed by atoms with Gasteiger partial charge in [0.15, 0.2) is 5.78 Å². The number of hydrogen-bond acceptors (Lipinski definition) is 3. The first-order valence-corrected chi connectivity index (χ1v) is 10.0. The summed E-state index contributed by atoms with van der Waals surface area (Å²) in [7, 11) is 1.96. The van der Waals surface area contributed by atoms with Gasteiger partial charge < -0.3 is 0 Å². The van der Waals surface area contributed by atoms with Crippen molar-refractivity contribution < 1.29 is 4.79 Å². The van der Waals surface area contributed by atoms with Gasteiger partial charge in [-0.2, -0.15) is 5.10 Å². The van der Waals surface area contributed by atoms with Crippen molar-refractivity contribution in [3.05, 3.63) is 77.6 Å². The molecule has 2 heterocycles. The summed E-state index contributed by atoms with van der Waals surface area (Å²) in [4.78, 5) is 15.5. The van der Waals surface area contributed by atoms with Crippen LogP contribution in [0.25, 0.3) is 11.1 Å². The lowest BCUT2D eigenvalue weighted by atomic mass is 9.89. The van der Waals surface area contributed by atoms with Crippen LogP contribution in [0.1, 0.15) is 34.5 Å². The third-order valence-corrected chi connectivity index (χ3v) is 5.66. The fourth-order valence-electron chi connectivity index (χ4n) is 4.15. The number of aryl methyl sites for hydroxylation is 2. The predicted molar refractivity (Wildman–Crippen MR) is 112 cm³/mol. The van der Waals surface area contributed by atoms with E-state index in [2.05, 4.69) is 47.4 Å². The van der Waals surface area contributed by atoms with E-state index in [0.29, 0.717) is 0 Å². The summed E-state index contributed by atoms with van der Waals surface area (Å²) in [5.74, 6) is 0.348. The topological polar surface area (TPSA) is 38.1 Å². The van der Waals surface area contributed by atoms with E-state index in [4.69, 9.17) is 0 Å². The van der Waals surface area contributed by atoms with Crippen LogP contribution in [0, 0.1) is 12.8 Å². The predicted octanol–water partition coefficient (Wildman–Crippen LogP) is 4.49. The van der Waals surface area contributed by atoms with Crippen molar-refractivity contribution in [2.24, 2.45) is 13.0 Å². The van der Waals surface area contributed by atoms with Crippen LogP contribution in [0.5, 0.6) is 0 Å². The standard InChI is InChI=1S/C24H27N3O/c1-18-23(15-26(2)25-18)17-27-14-6-9-22(16-27)24(28)21-12-10-20(11-13-21)19-7-4-3-5-8-19/h3-5,7-8,10-13,15,22H,6,9,14,16-17H2,1-2H3. The van der Waals surface area contributed by atoms with E-state index in [-0.39, 0.29) is 11.7 Å². The fraction of sp³-hybridized carbons (Fsp3) is 0.333. The Balaban J connectivity index is 1.43. The van der Waals surface area contributed by atoms with E-state index in [1.54, 1.807) is 0 Å². The molecule has 0 amide bonds. The molecule has 4 nitrogen and oxygen atoms in total. The van der Waals surface area contributed by atoms with Crippen molar-refractivity contribution in [3.63, 3.8) is 0 Å². The van der Waals surface area contributed by atoms with Crippen molar-refractivity contribution >= 4 is 5.78 Å². The number of benzene rings is 2. The molecule has 1 fully saturated rings. The highest BCUT2D eigenvalue weighted by atomic mass is 16.1. The van der Waals surface area contributed by atoms with Gasteiger partial charge in [0.05, 0.1) is 5.69 Å². The van der Waals surface area contributed by atoms with Crippen LogP contribution in [0.3, 0.4) is 0 Å². The van der Waals surface area contributed by atoms with Crippen molar-refractivity contribution in [3.8, 4) is 11.1 Å². The van der Waals surface area contributed by atoms with Gasteiger partial charge in [-0.15, -0.1) is 0 Å². The van der Waals surface area contributed by atoms with Crippen LogP contribution in [0.4, 0.5) is 0 Å². The smallest absolute Gasteiger partial charge is 0.167 e. The van der Waals surface area contributed by atoms with E-state index < -0.39 is 0 Å². The van der Waals surface area contributed by atoms with Crippen LogP contribution in [0.15, 0.2) is 60.8 Å². The zero-order chi connectivity index (χ0) is 19.5. The molecule has 2 aromatic carbocycles. The molecule has 0 N–H and O–H groups in total. The summed E-state index contributed by atoms with van der Waals surface area (Å²) < 4.78 is 1.87. The summed E-state index contributed by atoms with van der Waals surface area (Å²) in [5.41, 5.74) is 5.48. The third-order valence-electron chi connectivity index (χ3n) is 5.66. The van der Waals surface area contributed by atoms with Crippen LogP contribution in [-0.4, -0.2) is 33.6 Å². The molecule has 4 rings (SSSR count). The monoisotopic (exact) mass is 373 g/mol. The molecule has 1 aliphatic heterocycles. The first-order valence-electron chi connectivity index (χ1n) is 10.0. The quantitative estimate of drug-likeness (QED) is 0.619. The first kappa shape index (κ1) is 18.6. The zero-order valence-corrected chi connectivity index (χ0v) is 16.6. The van der Waals surface area contributed by atoms with Crippen LogP contribution in [0.2, 0.25) is 0 Å². The lowest BCUT2D eigenvalue weighted by Crippen LogP contribution is -2.38. The van der Waals surface area contributed by atoms with Crippen molar-refractivity contribution in [1.29, 1.82) is 0 Å². The van der Waals surface area contributed by atoms with E-state index in [1.807, 2.05) is 42.1 Å². The van der Waals surface area contributed by atoms with E-state index in [0.717, 1.165) is 49.3 Å². The Hall–Kier alpha value is -2.72. The molecule has 1 aliphatic rings. The van der Waals surface area contributed by atoms with Gasteiger partial charge >= 0.3 is 0 Å². The molecule has 28 heavy (non-hydrogen) atoms. The number of rotatable bonds is 5. The second-order valence-electron chi connectivity index (χ2n) is 7.80. The number of ketones is 1. The zero-order valence-electron chi connectivity index (χ0n) is 16.6. The van der Waals surface area contributed by atoms with Gasteiger partial charge in [0.25, 0.3) is 0 Å². The molecule has 144 valence electrons. The third kappa shape index (κ3) is 4.07. The Morgan fingerprint density at radius 1 is 1.07 bits per heavy atom. The van der Waals surface area contributed by atoms with Gasteiger partial charge in [-0.05, 0) is 37.4 Å². The number of nitrogens with zero attached hydrogens (tertiary/aromatic N) is 3. The minimum atomic E-state index is 0.0771. The molecule has 1 unspecified atom stereocenters. The SMILES string of the molecule is Cc1nn(C)cc1CN1CCCC(C(=O)c2ccc(-c3ccccc3)cc2)C1. The van der Waals surface area contributed by atoms with Crippen molar-refractivity contribution in [2.75, 3.05) is 13.1 Å². The number of piperidine rings is 1. The average molecular weight is 374 g/mol. The lowest BCUT2D eigenvalue weighted by Gasteiger charge is -2.31. The summed E-state index contributed by atoms with van der Waals surface area (Å²) in [6, 6.07) is 18.4. The molecule has 0 saturated carbocycles. The summed E-state index contributed by atoms with van der Waals surface area (Å²) in [6.07, 6.45) is 4.13. The molecule has 0 bridgehead atoms. The number of likely N-dealkylation sites (tertiary alicyclic amines) is 1. The minimum absolute atomic E-state index is 0.0771. The Kier molecular flexibility index (Phi) is 5.40. The Bertz CT molecular complexity index is 944. The van der Waals surface area contributed by atoms with E-state index in [9.17, 15) is 4.79 Å². The van der Waals surface area contributed by atoms with Crippen LogP contribution in [-0.2, 0) is 13.6 Å². The number of Topliss-reactive ketones (excluding diaryl/α,β-unsaturated/α-hetero) is 1. The normalized spacial score (nSPS) is 17.6. The van der Waals surface area contributed by atoms with Crippen LogP contribution < -0.4 is 0 Å². The molecule has 0 spiro atoms. The number of carbonyl (C=O) groups excluding carboxylic acids is 1. The second kappa shape index (κ2) is 8.11. The van der Waals surface area contributed by atoms with Gasteiger partial charge in [-0.1, -0.05) is 54.6 Å². The maximum atomic E-state index is 13.1. The summed E-state index contributed by atoms with van der Waals surface area (Å²) in [5, 5.41) is 4.43. The van der Waals surface area contributed by atoms with Gasteiger partial charge in [0.2, 0.25) is 0 Å². The fourth-order valence-corrected chi connectivity index (χ4v) is 4.15. The summed E-state index contributed by atoms with van der Waals surface area (Å²) >= 11 is 0. The van der Waals surface area contributed by atoms with Crippen molar-refractivity contribution in [1.82, 2.24) is 14.7 Å². The number of hydrogen-bond donors (Lipinski definition) is 0. The Morgan fingerprint density at radius 2 is 1.79 bits per heavy atom. The summed E-state index contributed by atoms with van der Waals surface area (Å²) in [6.45, 7) is 4.80. The van der Waals surface area contributed by atoms with E-state index >= 15 is 0 Å². The maximum absolute atomic E-state index is 13.1. The molecular weight excluding hydrogens is 346 g/mol. The minimum Gasteiger partial charge on any atom is -0.298 e. The highest BCUT2D eigenvalue weighted by molar-refractivity contribution is 5.98. The maximum Gasteiger partial charge on any atom is 0.167 e. The first-order chi connectivity index (χ1) is 13.6. The van der Waals surface area contributed by atoms with Crippen molar-refractivity contribution in [2.45, 2.75) is 26.3 Å². The number of aromatic nitrogens is 2. The average Bonchev–Trinajstić information content (AvgIpc) is 3.05. The molecule has 3 aromatic rings. The molecular formula is C24H27N3O. The van der Waals surface area contributed by atoms with Crippen LogP contribution >= 0.6 is 0 Å². The largest absolute Gasteiger partial charge is 0.298 e. The molecule has 1 saturated heterocycles. The molecule has 4 heteroatoms. The van der Waals surface area contributed by atoms with Gasteiger partial charge in [0, 0.05) is 43.4 Å². The second-order valence-corrected chi connectivity index (χ2v) is 7.80. The van der Waals surface area contributed by atoms with Gasteiger partial charge in [-0.25, -0.2) is 0 Å². The molecule has 0 aliphatic carbocycles. The Labute approximate surface area is 166 Å². The van der Waals surface area contributed by atoms with E-state index in [1.165, 1.54) is 11.1 Å². The molecule has 0 radical (unpaired) electrons. The lowest BCUT2D eigenvalue weighted by molar-refractivity contribution is 0.0811. The highest BCUT2D eigenvalue weighted by Crippen LogP contribution is 2.25. The Morgan fingerprint density at radius 3 is 2.46 bits per heavy atom. The van der Waals surface area contributed by atoms with Gasteiger partial charge in [-0.3, -0.25) is 14.4 Å². The molecule has 1 atom stereocenters. The highest BCUT2D eigenvalue weighted by Gasteiger charge is 2.27. The van der Waals surface area contributed by atoms with Gasteiger partial charge in [0.1, 0.15) is 0 Å².